The molecule has 18 heavy (non-hydrogen) atoms. The van der Waals surface area contributed by atoms with Crippen LogP contribution in [0.1, 0.15) is 59.8 Å². The van der Waals surface area contributed by atoms with Gasteiger partial charge >= 0.3 is 0 Å². The third-order valence-electron chi connectivity index (χ3n) is 5.42. The van der Waals surface area contributed by atoms with Crippen LogP contribution in [0.2, 0.25) is 0 Å². The maximum absolute atomic E-state index is 3.97. The summed E-state index contributed by atoms with van der Waals surface area (Å²) in [6.07, 6.45) is 6.95. The van der Waals surface area contributed by atoms with E-state index in [1.807, 2.05) is 0 Å². The van der Waals surface area contributed by atoms with Crippen molar-refractivity contribution in [3.63, 3.8) is 0 Å². The molecule has 0 spiro atoms. The van der Waals surface area contributed by atoms with Crippen LogP contribution in [0, 0.1) is 11.8 Å². The molecule has 3 unspecified atom stereocenters. The molecular formula is C16H32N2. The van der Waals surface area contributed by atoms with E-state index in [1.165, 1.54) is 45.2 Å². The Morgan fingerprint density at radius 1 is 1.00 bits per heavy atom. The zero-order valence-electron chi connectivity index (χ0n) is 12.8. The number of likely N-dealkylation sites (tertiary alicyclic amines) is 1. The summed E-state index contributed by atoms with van der Waals surface area (Å²) in [4.78, 5) is 2.62. The van der Waals surface area contributed by atoms with E-state index in [9.17, 15) is 0 Å². The Kier molecular flexibility index (Phi) is 5.08. The minimum atomic E-state index is 0.722. The molecule has 106 valence electrons. The van der Waals surface area contributed by atoms with Crippen molar-refractivity contribution in [3.8, 4) is 0 Å². The molecule has 2 rings (SSSR count). The smallest absolute Gasteiger partial charge is 0.00978 e. The van der Waals surface area contributed by atoms with Crippen LogP contribution in [0.3, 0.4) is 0 Å². The van der Waals surface area contributed by atoms with Crippen LogP contribution >= 0.6 is 0 Å². The second-order valence-corrected chi connectivity index (χ2v) is 6.94. The number of piperidine rings is 1. The van der Waals surface area contributed by atoms with Gasteiger partial charge in [-0.2, -0.15) is 0 Å². The van der Waals surface area contributed by atoms with Gasteiger partial charge in [0.25, 0.3) is 0 Å². The van der Waals surface area contributed by atoms with Crippen LogP contribution in [-0.2, 0) is 0 Å². The van der Waals surface area contributed by atoms with Crippen LogP contribution in [0.25, 0.3) is 0 Å². The Balaban J connectivity index is 1.77. The number of rotatable bonds is 3. The molecule has 1 aliphatic carbocycles. The summed E-state index contributed by atoms with van der Waals surface area (Å²) in [5, 5.41) is 3.97. The zero-order valence-corrected chi connectivity index (χ0v) is 12.8. The first kappa shape index (κ1) is 14.3. The SMILES string of the molecule is CC1CCCC(NC2CCN(C(C)C)CC2)C1C. The minimum absolute atomic E-state index is 0.722. The molecule has 1 heterocycles. The van der Waals surface area contributed by atoms with Gasteiger partial charge in [0.2, 0.25) is 0 Å². The zero-order chi connectivity index (χ0) is 13.1. The van der Waals surface area contributed by atoms with Gasteiger partial charge in [-0.1, -0.05) is 26.7 Å². The summed E-state index contributed by atoms with van der Waals surface area (Å²) in [6, 6.07) is 2.28. The molecule has 0 aromatic rings. The highest BCUT2D eigenvalue weighted by atomic mass is 15.2. The molecule has 2 aliphatic rings. The lowest BCUT2D eigenvalue weighted by Crippen LogP contribution is -2.51. The predicted octanol–water partition coefficient (Wildman–Crippen LogP) is 3.27. The second kappa shape index (κ2) is 6.38. The van der Waals surface area contributed by atoms with E-state index < -0.39 is 0 Å². The third kappa shape index (κ3) is 3.48. The van der Waals surface area contributed by atoms with Gasteiger partial charge in [-0.05, 0) is 58.0 Å². The standard InChI is InChI=1S/C16H32N2/c1-12(2)18-10-8-15(9-11-18)17-16-7-5-6-13(3)14(16)4/h12-17H,5-11H2,1-4H3. The van der Waals surface area contributed by atoms with Gasteiger partial charge in [0, 0.05) is 18.1 Å². The molecule has 0 radical (unpaired) electrons. The quantitative estimate of drug-likeness (QED) is 0.829. The van der Waals surface area contributed by atoms with Gasteiger partial charge in [0.15, 0.2) is 0 Å². The summed E-state index contributed by atoms with van der Waals surface area (Å²) >= 11 is 0. The number of nitrogens with zero attached hydrogens (tertiary/aromatic N) is 1. The van der Waals surface area contributed by atoms with E-state index in [4.69, 9.17) is 0 Å². The molecule has 0 amide bonds. The number of hydrogen-bond donors (Lipinski definition) is 1. The molecule has 0 bridgehead atoms. The molecule has 1 aliphatic heterocycles. The summed E-state index contributed by atoms with van der Waals surface area (Å²) in [5.74, 6) is 1.77. The highest BCUT2D eigenvalue weighted by Gasteiger charge is 2.30. The van der Waals surface area contributed by atoms with E-state index in [0.29, 0.717) is 0 Å². The van der Waals surface area contributed by atoms with E-state index in [2.05, 4.69) is 37.9 Å². The van der Waals surface area contributed by atoms with Crippen molar-refractivity contribution < 1.29 is 0 Å². The molecule has 1 N–H and O–H groups in total. The monoisotopic (exact) mass is 252 g/mol. The lowest BCUT2D eigenvalue weighted by molar-refractivity contribution is 0.133. The molecular weight excluding hydrogens is 220 g/mol. The van der Waals surface area contributed by atoms with Gasteiger partial charge < -0.3 is 10.2 Å². The van der Waals surface area contributed by atoms with Crippen molar-refractivity contribution in [1.82, 2.24) is 10.2 Å². The fourth-order valence-electron chi connectivity index (χ4n) is 3.70. The van der Waals surface area contributed by atoms with Crippen LogP contribution < -0.4 is 5.32 Å². The van der Waals surface area contributed by atoms with Crippen molar-refractivity contribution in [2.24, 2.45) is 11.8 Å². The lowest BCUT2D eigenvalue weighted by atomic mass is 9.77. The number of hydrogen-bond acceptors (Lipinski definition) is 2. The van der Waals surface area contributed by atoms with Crippen LogP contribution in [0.15, 0.2) is 0 Å². The van der Waals surface area contributed by atoms with Crippen molar-refractivity contribution in [2.75, 3.05) is 13.1 Å². The largest absolute Gasteiger partial charge is 0.311 e. The third-order valence-corrected chi connectivity index (χ3v) is 5.42. The topological polar surface area (TPSA) is 15.3 Å². The van der Waals surface area contributed by atoms with E-state index in [-0.39, 0.29) is 0 Å². The van der Waals surface area contributed by atoms with E-state index >= 15 is 0 Å². The highest BCUT2D eigenvalue weighted by Crippen LogP contribution is 2.30. The second-order valence-electron chi connectivity index (χ2n) is 6.94. The molecule has 1 saturated carbocycles. The van der Waals surface area contributed by atoms with Crippen LogP contribution in [-0.4, -0.2) is 36.1 Å². The average molecular weight is 252 g/mol. The van der Waals surface area contributed by atoms with E-state index in [0.717, 1.165) is 30.0 Å². The summed E-state index contributed by atoms with van der Waals surface area (Å²) in [5.41, 5.74) is 0. The Morgan fingerprint density at radius 3 is 2.28 bits per heavy atom. The normalized spacial score (nSPS) is 36.2. The summed E-state index contributed by atoms with van der Waals surface area (Å²) in [7, 11) is 0. The van der Waals surface area contributed by atoms with Gasteiger partial charge in [0.05, 0.1) is 0 Å². The summed E-state index contributed by atoms with van der Waals surface area (Å²) < 4.78 is 0. The predicted molar refractivity (Wildman–Crippen MR) is 78.8 cm³/mol. The lowest BCUT2D eigenvalue weighted by Gasteiger charge is -2.40. The molecule has 0 aromatic carbocycles. The Hall–Kier alpha value is -0.0800. The van der Waals surface area contributed by atoms with Crippen molar-refractivity contribution in [2.45, 2.75) is 77.9 Å². The van der Waals surface area contributed by atoms with Crippen LogP contribution in [0.5, 0.6) is 0 Å². The first-order chi connectivity index (χ1) is 8.58. The van der Waals surface area contributed by atoms with Gasteiger partial charge in [-0.15, -0.1) is 0 Å². The summed E-state index contributed by atoms with van der Waals surface area (Å²) in [6.45, 7) is 12.1. The minimum Gasteiger partial charge on any atom is -0.311 e. The fourth-order valence-corrected chi connectivity index (χ4v) is 3.70. The molecule has 3 atom stereocenters. The molecule has 2 fully saturated rings. The van der Waals surface area contributed by atoms with Gasteiger partial charge in [-0.25, -0.2) is 0 Å². The molecule has 0 aromatic heterocycles. The van der Waals surface area contributed by atoms with Crippen molar-refractivity contribution in [3.05, 3.63) is 0 Å². The van der Waals surface area contributed by atoms with Crippen molar-refractivity contribution in [1.29, 1.82) is 0 Å². The van der Waals surface area contributed by atoms with Gasteiger partial charge in [0.1, 0.15) is 0 Å². The Bertz CT molecular complexity index is 243. The average Bonchev–Trinajstić information content (AvgIpc) is 2.36. The van der Waals surface area contributed by atoms with Gasteiger partial charge in [-0.3, -0.25) is 0 Å². The van der Waals surface area contributed by atoms with E-state index in [1.54, 1.807) is 0 Å². The highest BCUT2D eigenvalue weighted by molar-refractivity contribution is 4.87. The number of nitrogens with one attached hydrogen (secondary N) is 1. The maximum Gasteiger partial charge on any atom is 0.00978 e. The van der Waals surface area contributed by atoms with Crippen LogP contribution in [0.4, 0.5) is 0 Å². The Labute approximate surface area is 114 Å². The first-order valence-corrected chi connectivity index (χ1v) is 8.08. The molecule has 2 heteroatoms. The molecule has 2 nitrogen and oxygen atoms in total. The maximum atomic E-state index is 3.97. The first-order valence-electron chi connectivity index (χ1n) is 8.08. The fraction of sp³-hybridized carbons (Fsp3) is 1.00. The molecule has 1 saturated heterocycles. The van der Waals surface area contributed by atoms with Crippen molar-refractivity contribution >= 4 is 0 Å². The Morgan fingerprint density at radius 2 is 1.67 bits per heavy atom.